The van der Waals surface area contributed by atoms with Crippen LogP contribution in [0, 0.1) is 0 Å². The zero-order chi connectivity index (χ0) is 20.1. The summed E-state index contributed by atoms with van der Waals surface area (Å²) in [5.74, 6) is -0.0767. The standard InChI is InChI=1S/C20H22O8/c21-16-15(28-20(25)18(23)17(16)22)11-27-19(24)13-6-8-14(9-7-13)26-10-12-4-2-1-3-5-12/h1-9,15-18,20-23,25H,10-11H2/t15-,16+,17+,18-,20?/m1/s1. The Morgan fingerprint density at radius 3 is 2.25 bits per heavy atom. The van der Waals surface area contributed by atoms with Gasteiger partial charge in [-0.1, -0.05) is 30.3 Å². The Morgan fingerprint density at radius 1 is 0.893 bits per heavy atom. The fourth-order valence-electron chi connectivity index (χ4n) is 2.74. The van der Waals surface area contributed by atoms with Crippen LogP contribution in [-0.4, -0.2) is 63.7 Å². The maximum Gasteiger partial charge on any atom is 0.338 e. The van der Waals surface area contributed by atoms with Gasteiger partial charge in [-0.3, -0.25) is 0 Å². The topological polar surface area (TPSA) is 126 Å². The highest BCUT2D eigenvalue weighted by Gasteiger charge is 2.43. The molecule has 0 saturated carbocycles. The second kappa shape index (κ2) is 9.13. The molecule has 0 bridgehead atoms. The van der Waals surface area contributed by atoms with Gasteiger partial charge in [-0.25, -0.2) is 4.79 Å². The third kappa shape index (κ3) is 4.86. The maximum atomic E-state index is 12.1. The number of carbonyl (C=O) groups is 1. The van der Waals surface area contributed by atoms with Crippen LogP contribution in [0.25, 0.3) is 0 Å². The smallest absolute Gasteiger partial charge is 0.338 e. The molecule has 0 amide bonds. The van der Waals surface area contributed by atoms with E-state index >= 15 is 0 Å². The summed E-state index contributed by atoms with van der Waals surface area (Å²) in [6.45, 7) is 0.00510. The number of ether oxygens (including phenoxy) is 3. The van der Waals surface area contributed by atoms with Crippen molar-refractivity contribution >= 4 is 5.97 Å². The summed E-state index contributed by atoms with van der Waals surface area (Å²) in [5.41, 5.74) is 1.28. The molecular formula is C20H22O8. The molecule has 28 heavy (non-hydrogen) atoms. The lowest BCUT2D eigenvalue weighted by Gasteiger charge is -2.37. The Balaban J connectivity index is 1.50. The van der Waals surface area contributed by atoms with Crippen LogP contribution in [-0.2, 0) is 16.1 Å². The number of carbonyl (C=O) groups excluding carboxylic acids is 1. The highest BCUT2D eigenvalue weighted by molar-refractivity contribution is 5.89. The molecule has 0 radical (unpaired) electrons. The average molecular weight is 390 g/mol. The molecule has 0 spiro atoms. The lowest BCUT2D eigenvalue weighted by molar-refractivity contribution is -0.286. The van der Waals surface area contributed by atoms with E-state index in [0.29, 0.717) is 12.4 Å². The average Bonchev–Trinajstić information content (AvgIpc) is 2.73. The van der Waals surface area contributed by atoms with Crippen molar-refractivity contribution in [2.24, 2.45) is 0 Å². The molecule has 2 aromatic rings. The first-order chi connectivity index (χ1) is 13.5. The maximum absolute atomic E-state index is 12.1. The van der Waals surface area contributed by atoms with Crippen LogP contribution in [0.2, 0.25) is 0 Å². The highest BCUT2D eigenvalue weighted by Crippen LogP contribution is 2.21. The van der Waals surface area contributed by atoms with E-state index in [1.165, 1.54) is 12.1 Å². The van der Waals surface area contributed by atoms with Crippen molar-refractivity contribution < 1.29 is 39.4 Å². The SMILES string of the molecule is O=C(OC[C@H]1OC(O)[C@H](O)[C@@H](O)[C@H]1O)c1ccc(OCc2ccccc2)cc1. The summed E-state index contributed by atoms with van der Waals surface area (Å²) in [5, 5.41) is 38.4. The van der Waals surface area contributed by atoms with Gasteiger partial charge < -0.3 is 34.6 Å². The monoisotopic (exact) mass is 390 g/mol. The third-order valence-corrected chi connectivity index (χ3v) is 4.40. The Kier molecular flexibility index (Phi) is 6.61. The van der Waals surface area contributed by atoms with Gasteiger partial charge in [-0.15, -0.1) is 0 Å². The predicted octanol–water partition coefficient (Wildman–Crippen LogP) is 0.222. The normalized spacial score (nSPS) is 27.2. The fourth-order valence-corrected chi connectivity index (χ4v) is 2.74. The molecule has 1 saturated heterocycles. The lowest BCUT2D eigenvalue weighted by atomic mass is 9.99. The Bertz CT molecular complexity index is 764. The van der Waals surface area contributed by atoms with E-state index in [2.05, 4.69) is 0 Å². The first-order valence-electron chi connectivity index (χ1n) is 8.77. The van der Waals surface area contributed by atoms with E-state index < -0.39 is 43.3 Å². The van der Waals surface area contributed by atoms with Crippen LogP contribution in [0.5, 0.6) is 5.75 Å². The van der Waals surface area contributed by atoms with Crippen molar-refractivity contribution in [2.75, 3.05) is 6.61 Å². The zero-order valence-corrected chi connectivity index (χ0v) is 14.9. The molecule has 0 aromatic heterocycles. The number of aliphatic hydroxyl groups excluding tert-OH is 4. The van der Waals surface area contributed by atoms with Crippen LogP contribution in [0.3, 0.4) is 0 Å². The zero-order valence-electron chi connectivity index (χ0n) is 14.9. The van der Waals surface area contributed by atoms with Gasteiger partial charge in [-0.2, -0.15) is 0 Å². The first kappa shape index (κ1) is 20.2. The van der Waals surface area contributed by atoms with Gasteiger partial charge in [0.15, 0.2) is 6.29 Å². The van der Waals surface area contributed by atoms with E-state index in [1.54, 1.807) is 12.1 Å². The molecule has 2 aromatic carbocycles. The molecule has 4 N–H and O–H groups in total. The van der Waals surface area contributed by atoms with Gasteiger partial charge in [0.05, 0.1) is 5.56 Å². The van der Waals surface area contributed by atoms with Gasteiger partial charge in [0, 0.05) is 0 Å². The van der Waals surface area contributed by atoms with E-state index in [0.717, 1.165) is 5.56 Å². The molecule has 1 heterocycles. The molecule has 0 aliphatic carbocycles. The minimum absolute atomic E-state index is 0.262. The summed E-state index contributed by atoms with van der Waals surface area (Å²) in [4.78, 5) is 12.1. The Morgan fingerprint density at radius 2 is 1.57 bits per heavy atom. The van der Waals surface area contributed by atoms with Crippen molar-refractivity contribution in [3.8, 4) is 5.75 Å². The lowest BCUT2D eigenvalue weighted by Crippen LogP contribution is -2.58. The van der Waals surface area contributed by atoms with Crippen LogP contribution in [0.4, 0.5) is 0 Å². The van der Waals surface area contributed by atoms with Gasteiger partial charge in [0.2, 0.25) is 0 Å². The van der Waals surface area contributed by atoms with Crippen LogP contribution in [0.1, 0.15) is 15.9 Å². The number of hydrogen-bond donors (Lipinski definition) is 4. The van der Waals surface area contributed by atoms with Gasteiger partial charge in [-0.05, 0) is 29.8 Å². The Hall–Kier alpha value is -2.49. The summed E-state index contributed by atoms with van der Waals surface area (Å²) >= 11 is 0. The first-order valence-corrected chi connectivity index (χ1v) is 8.77. The third-order valence-electron chi connectivity index (χ3n) is 4.40. The van der Waals surface area contributed by atoms with E-state index in [4.69, 9.17) is 14.2 Å². The molecule has 3 rings (SSSR count). The van der Waals surface area contributed by atoms with Gasteiger partial charge in [0.1, 0.15) is 43.4 Å². The van der Waals surface area contributed by atoms with Crippen molar-refractivity contribution in [1.82, 2.24) is 0 Å². The van der Waals surface area contributed by atoms with Crippen LogP contribution >= 0.6 is 0 Å². The number of rotatable bonds is 6. The summed E-state index contributed by atoms with van der Waals surface area (Å²) < 4.78 is 15.7. The molecule has 1 unspecified atom stereocenters. The van der Waals surface area contributed by atoms with Crippen molar-refractivity contribution in [3.63, 3.8) is 0 Å². The molecule has 5 atom stereocenters. The number of esters is 1. The summed E-state index contributed by atoms with van der Waals surface area (Å²) in [7, 11) is 0. The second-order valence-electron chi connectivity index (χ2n) is 6.43. The molecule has 1 aliphatic heterocycles. The van der Waals surface area contributed by atoms with E-state index in [-0.39, 0.29) is 5.56 Å². The molecule has 8 heteroatoms. The summed E-state index contributed by atoms with van der Waals surface area (Å²) in [6.07, 6.45) is -7.58. The number of aliphatic hydroxyl groups is 4. The quantitative estimate of drug-likeness (QED) is 0.516. The highest BCUT2D eigenvalue weighted by atomic mass is 16.6. The summed E-state index contributed by atoms with van der Waals surface area (Å²) in [6, 6.07) is 16.0. The minimum atomic E-state index is -1.68. The fraction of sp³-hybridized carbons (Fsp3) is 0.350. The molecule has 1 fully saturated rings. The number of hydrogen-bond acceptors (Lipinski definition) is 8. The van der Waals surface area contributed by atoms with Gasteiger partial charge >= 0.3 is 5.97 Å². The van der Waals surface area contributed by atoms with Crippen LogP contribution in [0.15, 0.2) is 54.6 Å². The van der Waals surface area contributed by atoms with Crippen molar-refractivity contribution in [3.05, 3.63) is 65.7 Å². The second-order valence-corrected chi connectivity index (χ2v) is 6.43. The largest absolute Gasteiger partial charge is 0.489 e. The molecular weight excluding hydrogens is 368 g/mol. The molecule has 150 valence electrons. The predicted molar refractivity (Wildman–Crippen MR) is 96.4 cm³/mol. The molecule has 1 aliphatic rings. The minimum Gasteiger partial charge on any atom is -0.489 e. The van der Waals surface area contributed by atoms with E-state index in [9.17, 15) is 25.2 Å². The van der Waals surface area contributed by atoms with Crippen molar-refractivity contribution in [2.45, 2.75) is 37.3 Å². The van der Waals surface area contributed by atoms with E-state index in [1.807, 2.05) is 30.3 Å². The van der Waals surface area contributed by atoms with Crippen LogP contribution < -0.4 is 4.74 Å². The van der Waals surface area contributed by atoms with Gasteiger partial charge in [0.25, 0.3) is 0 Å². The molecule has 8 nitrogen and oxygen atoms in total. The Labute approximate surface area is 161 Å². The van der Waals surface area contributed by atoms with Crippen molar-refractivity contribution in [1.29, 1.82) is 0 Å². The number of benzene rings is 2.